The maximum atomic E-state index is 13.0. The maximum absolute atomic E-state index is 13.0. The van der Waals surface area contributed by atoms with Gasteiger partial charge >= 0.3 is 0 Å². The summed E-state index contributed by atoms with van der Waals surface area (Å²) in [5.41, 5.74) is 0.461. The Kier molecular flexibility index (Phi) is 5.14. The number of amides is 2. The quantitative estimate of drug-likeness (QED) is 0.895. The fraction of sp³-hybridized carbons (Fsp3) is 0.556. The van der Waals surface area contributed by atoms with Gasteiger partial charge in [-0.15, -0.1) is 0 Å². The van der Waals surface area contributed by atoms with E-state index in [1.54, 1.807) is 9.80 Å². The van der Waals surface area contributed by atoms with Crippen LogP contribution in [0.5, 0.6) is 0 Å². The van der Waals surface area contributed by atoms with Gasteiger partial charge in [-0.2, -0.15) is 0 Å². The molecule has 1 aliphatic heterocycles. The number of aliphatic hydroxyl groups is 1. The van der Waals surface area contributed by atoms with Crippen LogP contribution >= 0.6 is 0 Å². The maximum Gasteiger partial charge on any atom is 0.253 e. The predicted molar refractivity (Wildman–Crippen MR) is 86.8 cm³/mol. The smallest absolute Gasteiger partial charge is 0.253 e. The molecule has 2 aliphatic rings. The van der Waals surface area contributed by atoms with Crippen molar-refractivity contribution in [3.05, 3.63) is 35.6 Å². The van der Waals surface area contributed by atoms with Crippen molar-refractivity contribution in [2.45, 2.75) is 31.8 Å². The highest BCUT2D eigenvalue weighted by Gasteiger charge is 2.35. The number of hydrogen-bond donors (Lipinski definition) is 1. The first-order chi connectivity index (χ1) is 11.6. The number of aliphatic hydroxyl groups excluding tert-OH is 1. The van der Waals surface area contributed by atoms with Gasteiger partial charge in [0.15, 0.2) is 0 Å². The van der Waals surface area contributed by atoms with Crippen molar-refractivity contribution >= 4 is 11.8 Å². The molecule has 0 bridgehead atoms. The van der Waals surface area contributed by atoms with E-state index in [4.69, 9.17) is 0 Å². The molecular formula is C18H23FN2O3. The summed E-state index contributed by atoms with van der Waals surface area (Å²) >= 11 is 0. The lowest BCUT2D eigenvalue weighted by atomic mass is 10.0. The molecule has 130 valence electrons. The summed E-state index contributed by atoms with van der Waals surface area (Å²) in [5.74, 6) is -0.778. The summed E-state index contributed by atoms with van der Waals surface area (Å²) in [5, 5.41) is 9.93. The van der Waals surface area contributed by atoms with E-state index in [0.717, 1.165) is 12.8 Å². The monoisotopic (exact) mass is 334 g/mol. The normalized spacial score (nSPS) is 24.8. The molecule has 1 aromatic carbocycles. The molecule has 1 aliphatic carbocycles. The van der Waals surface area contributed by atoms with Crippen molar-refractivity contribution in [1.82, 2.24) is 9.80 Å². The van der Waals surface area contributed by atoms with Crippen LogP contribution in [0.1, 0.15) is 36.0 Å². The molecule has 2 amide bonds. The lowest BCUT2D eigenvalue weighted by molar-refractivity contribution is -0.138. The molecule has 2 atom stereocenters. The van der Waals surface area contributed by atoms with Crippen molar-refractivity contribution in [2.75, 3.05) is 26.2 Å². The SMILES string of the molecule is O=C(c1ccc(F)cc1)N1CCCN(C(=O)C2CCCC2O)CC1. The summed E-state index contributed by atoms with van der Waals surface area (Å²) in [6.45, 7) is 2.13. The van der Waals surface area contributed by atoms with E-state index in [-0.39, 0.29) is 23.5 Å². The number of carbonyl (C=O) groups is 2. The highest BCUT2D eigenvalue weighted by atomic mass is 19.1. The first-order valence-corrected chi connectivity index (χ1v) is 8.58. The summed E-state index contributed by atoms with van der Waals surface area (Å²) in [7, 11) is 0. The van der Waals surface area contributed by atoms with E-state index in [1.165, 1.54) is 24.3 Å². The molecule has 3 rings (SSSR count). The van der Waals surface area contributed by atoms with E-state index in [2.05, 4.69) is 0 Å². The highest BCUT2D eigenvalue weighted by Crippen LogP contribution is 2.27. The van der Waals surface area contributed by atoms with Gasteiger partial charge in [-0.05, 0) is 49.9 Å². The van der Waals surface area contributed by atoms with Gasteiger partial charge in [0.25, 0.3) is 5.91 Å². The number of rotatable bonds is 2. The van der Waals surface area contributed by atoms with E-state index in [9.17, 15) is 19.1 Å². The minimum absolute atomic E-state index is 0.0103. The molecule has 1 saturated heterocycles. The fourth-order valence-electron chi connectivity index (χ4n) is 3.58. The second-order valence-corrected chi connectivity index (χ2v) is 6.58. The molecule has 1 N–H and O–H groups in total. The third-order valence-corrected chi connectivity index (χ3v) is 4.98. The van der Waals surface area contributed by atoms with Crippen LogP contribution in [0, 0.1) is 11.7 Å². The molecule has 1 aromatic rings. The van der Waals surface area contributed by atoms with Crippen LogP contribution in [0.25, 0.3) is 0 Å². The van der Waals surface area contributed by atoms with Crippen molar-refractivity contribution in [2.24, 2.45) is 5.92 Å². The van der Waals surface area contributed by atoms with Gasteiger partial charge in [0, 0.05) is 31.7 Å². The molecule has 6 heteroatoms. The van der Waals surface area contributed by atoms with Gasteiger partial charge < -0.3 is 14.9 Å². The molecule has 0 aromatic heterocycles. The largest absolute Gasteiger partial charge is 0.392 e. The highest BCUT2D eigenvalue weighted by molar-refractivity contribution is 5.94. The summed E-state index contributed by atoms with van der Waals surface area (Å²) < 4.78 is 13.0. The molecule has 1 saturated carbocycles. The molecule has 1 heterocycles. The van der Waals surface area contributed by atoms with E-state index in [0.29, 0.717) is 44.6 Å². The first kappa shape index (κ1) is 16.9. The van der Waals surface area contributed by atoms with Crippen LogP contribution < -0.4 is 0 Å². The number of hydrogen-bond acceptors (Lipinski definition) is 3. The van der Waals surface area contributed by atoms with Crippen LogP contribution in [0.15, 0.2) is 24.3 Å². The Hall–Kier alpha value is -1.95. The molecular weight excluding hydrogens is 311 g/mol. The van der Waals surface area contributed by atoms with Gasteiger partial charge in [-0.25, -0.2) is 4.39 Å². The predicted octanol–water partition coefficient (Wildman–Crippen LogP) is 1.66. The van der Waals surface area contributed by atoms with Crippen LogP contribution in [0.4, 0.5) is 4.39 Å². The van der Waals surface area contributed by atoms with Gasteiger partial charge in [-0.3, -0.25) is 9.59 Å². The van der Waals surface area contributed by atoms with E-state index in [1.807, 2.05) is 0 Å². The summed E-state index contributed by atoms with van der Waals surface area (Å²) in [4.78, 5) is 28.6. The van der Waals surface area contributed by atoms with E-state index >= 15 is 0 Å². The molecule has 0 spiro atoms. The van der Waals surface area contributed by atoms with Crippen LogP contribution in [-0.4, -0.2) is 59.0 Å². The standard InChI is InChI=1S/C18H23FN2O3/c19-14-7-5-13(6-8-14)17(23)20-9-2-10-21(12-11-20)18(24)15-3-1-4-16(15)22/h5-8,15-16,22H,1-4,9-12H2. The molecule has 0 radical (unpaired) electrons. The average molecular weight is 334 g/mol. The third-order valence-electron chi connectivity index (χ3n) is 4.98. The van der Waals surface area contributed by atoms with Crippen molar-refractivity contribution in [3.63, 3.8) is 0 Å². The molecule has 2 unspecified atom stereocenters. The average Bonchev–Trinajstić information content (AvgIpc) is 2.86. The van der Waals surface area contributed by atoms with Crippen LogP contribution in [0.2, 0.25) is 0 Å². The van der Waals surface area contributed by atoms with Gasteiger partial charge in [-0.1, -0.05) is 0 Å². The van der Waals surface area contributed by atoms with Crippen molar-refractivity contribution in [3.8, 4) is 0 Å². The van der Waals surface area contributed by atoms with Crippen LogP contribution in [-0.2, 0) is 4.79 Å². The molecule has 24 heavy (non-hydrogen) atoms. The third kappa shape index (κ3) is 3.59. The zero-order chi connectivity index (χ0) is 17.1. The summed E-state index contributed by atoms with van der Waals surface area (Å²) in [6, 6.07) is 5.53. The first-order valence-electron chi connectivity index (χ1n) is 8.58. The zero-order valence-corrected chi connectivity index (χ0v) is 13.7. The number of carbonyl (C=O) groups excluding carboxylic acids is 2. The Labute approximate surface area is 141 Å². The summed E-state index contributed by atoms with van der Waals surface area (Å²) in [6.07, 6.45) is 2.51. The van der Waals surface area contributed by atoms with Crippen molar-refractivity contribution in [1.29, 1.82) is 0 Å². The Bertz CT molecular complexity index is 605. The lowest BCUT2D eigenvalue weighted by Crippen LogP contribution is -2.41. The van der Waals surface area contributed by atoms with Gasteiger partial charge in [0.05, 0.1) is 12.0 Å². The molecule has 2 fully saturated rings. The number of nitrogens with zero attached hydrogens (tertiary/aromatic N) is 2. The lowest BCUT2D eigenvalue weighted by Gasteiger charge is -2.26. The minimum atomic E-state index is -0.530. The Morgan fingerprint density at radius 1 is 0.958 bits per heavy atom. The van der Waals surface area contributed by atoms with Crippen LogP contribution in [0.3, 0.4) is 0 Å². The fourth-order valence-corrected chi connectivity index (χ4v) is 3.58. The van der Waals surface area contributed by atoms with Crippen molar-refractivity contribution < 1.29 is 19.1 Å². The van der Waals surface area contributed by atoms with Gasteiger partial charge in [0.1, 0.15) is 5.82 Å². The number of halogens is 1. The zero-order valence-electron chi connectivity index (χ0n) is 13.7. The Morgan fingerprint density at radius 3 is 2.29 bits per heavy atom. The topological polar surface area (TPSA) is 60.9 Å². The van der Waals surface area contributed by atoms with Gasteiger partial charge in [0.2, 0.25) is 5.91 Å². The molecule has 5 nitrogen and oxygen atoms in total. The second kappa shape index (κ2) is 7.30. The van der Waals surface area contributed by atoms with E-state index < -0.39 is 6.10 Å². The second-order valence-electron chi connectivity index (χ2n) is 6.58. The minimum Gasteiger partial charge on any atom is -0.392 e. The number of benzene rings is 1. The Balaban J connectivity index is 1.61. The Morgan fingerprint density at radius 2 is 1.62 bits per heavy atom.